The predicted molar refractivity (Wildman–Crippen MR) is 123 cm³/mol. The SMILES string of the molecule is COc1ccc2c(c1)CC(C(=O)Nc1ccc(-c3cn[nH]c3)cc1OCC(=O)N(C)C)CO2. The molecule has 4 rings (SSSR count). The van der Waals surface area contributed by atoms with Crippen LogP contribution < -0.4 is 19.5 Å². The van der Waals surface area contributed by atoms with Crippen LogP contribution >= 0.6 is 0 Å². The number of H-pyrrole nitrogens is 1. The third-order valence-electron chi connectivity index (χ3n) is 5.47. The summed E-state index contributed by atoms with van der Waals surface area (Å²) in [6, 6.07) is 11.0. The zero-order chi connectivity index (χ0) is 23.4. The second-order valence-electron chi connectivity index (χ2n) is 7.95. The number of carbonyl (C=O) groups excluding carboxylic acids is 2. The maximum atomic E-state index is 13.1. The number of nitrogens with one attached hydrogen (secondary N) is 2. The third-order valence-corrected chi connectivity index (χ3v) is 5.47. The Balaban J connectivity index is 1.53. The minimum atomic E-state index is -0.380. The number of rotatable bonds is 7. The van der Waals surface area contributed by atoms with Crippen LogP contribution in [0.4, 0.5) is 5.69 Å². The van der Waals surface area contributed by atoms with Crippen LogP contribution in [0.1, 0.15) is 5.56 Å². The van der Waals surface area contributed by atoms with Crippen molar-refractivity contribution in [3.05, 3.63) is 54.4 Å². The van der Waals surface area contributed by atoms with Crippen molar-refractivity contribution in [3.8, 4) is 28.4 Å². The summed E-state index contributed by atoms with van der Waals surface area (Å²) < 4.78 is 16.9. The predicted octanol–water partition coefficient (Wildman–Crippen LogP) is 2.74. The molecule has 2 N–H and O–H groups in total. The molecule has 0 spiro atoms. The Kier molecular flexibility index (Phi) is 6.48. The maximum absolute atomic E-state index is 13.1. The van der Waals surface area contributed by atoms with Crippen LogP contribution in [-0.2, 0) is 16.0 Å². The van der Waals surface area contributed by atoms with E-state index in [0.29, 0.717) is 17.9 Å². The topological polar surface area (TPSA) is 106 Å². The van der Waals surface area contributed by atoms with Gasteiger partial charge in [-0.3, -0.25) is 14.7 Å². The molecular weight excluding hydrogens is 424 g/mol. The van der Waals surface area contributed by atoms with Gasteiger partial charge in [-0.2, -0.15) is 5.10 Å². The van der Waals surface area contributed by atoms with Crippen molar-refractivity contribution >= 4 is 17.5 Å². The quantitative estimate of drug-likeness (QED) is 0.573. The summed E-state index contributed by atoms with van der Waals surface area (Å²) in [5.74, 6) is 1.12. The summed E-state index contributed by atoms with van der Waals surface area (Å²) >= 11 is 0. The molecule has 2 amide bonds. The number of nitrogens with zero attached hydrogens (tertiary/aromatic N) is 2. The summed E-state index contributed by atoms with van der Waals surface area (Å²) in [5.41, 5.74) is 3.11. The van der Waals surface area contributed by atoms with Crippen molar-refractivity contribution in [3.63, 3.8) is 0 Å². The van der Waals surface area contributed by atoms with E-state index < -0.39 is 0 Å². The van der Waals surface area contributed by atoms with Crippen LogP contribution in [0.15, 0.2) is 48.8 Å². The van der Waals surface area contributed by atoms with Gasteiger partial charge in [-0.05, 0) is 47.9 Å². The summed E-state index contributed by atoms with van der Waals surface area (Å²) in [6.45, 7) is 0.123. The van der Waals surface area contributed by atoms with Crippen molar-refractivity contribution in [2.24, 2.45) is 5.92 Å². The lowest BCUT2D eigenvalue weighted by molar-refractivity contribution is -0.130. The molecule has 0 saturated carbocycles. The summed E-state index contributed by atoms with van der Waals surface area (Å²) in [5, 5.41) is 9.69. The smallest absolute Gasteiger partial charge is 0.259 e. The van der Waals surface area contributed by atoms with Gasteiger partial charge in [0.05, 0.1) is 24.9 Å². The molecule has 172 valence electrons. The van der Waals surface area contributed by atoms with Crippen molar-refractivity contribution in [2.75, 3.05) is 39.7 Å². The van der Waals surface area contributed by atoms with Gasteiger partial charge in [0, 0.05) is 25.9 Å². The highest BCUT2D eigenvalue weighted by Gasteiger charge is 2.27. The van der Waals surface area contributed by atoms with Gasteiger partial charge in [0.2, 0.25) is 5.91 Å². The molecule has 2 aromatic carbocycles. The molecule has 33 heavy (non-hydrogen) atoms. The lowest BCUT2D eigenvalue weighted by Crippen LogP contribution is -2.33. The number of anilines is 1. The zero-order valence-electron chi connectivity index (χ0n) is 18.8. The Morgan fingerprint density at radius 3 is 2.79 bits per heavy atom. The second kappa shape index (κ2) is 9.64. The van der Waals surface area contributed by atoms with E-state index in [4.69, 9.17) is 14.2 Å². The monoisotopic (exact) mass is 450 g/mol. The molecule has 0 fully saturated rings. The van der Waals surface area contributed by atoms with E-state index in [1.54, 1.807) is 45.7 Å². The number of aromatic nitrogens is 2. The van der Waals surface area contributed by atoms with Crippen LogP contribution in [0, 0.1) is 5.92 Å². The largest absolute Gasteiger partial charge is 0.497 e. The number of amides is 2. The highest BCUT2D eigenvalue weighted by Crippen LogP contribution is 2.34. The van der Waals surface area contributed by atoms with E-state index in [0.717, 1.165) is 28.2 Å². The van der Waals surface area contributed by atoms with E-state index in [1.807, 2.05) is 24.3 Å². The van der Waals surface area contributed by atoms with Gasteiger partial charge in [0.25, 0.3) is 5.91 Å². The number of ether oxygens (including phenoxy) is 3. The number of hydrogen-bond acceptors (Lipinski definition) is 6. The van der Waals surface area contributed by atoms with Gasteiger partial charge < -0.3 is 24.4 Å². The molecule has 1 unspecified atom stereocenters. The van der Waals surface area contributed by atoms with Crippen molar-refractivity contribution in [1.29, 1.82) is 0 Å². The Morgan fingerprint density at radius 1 is 1.21 bits per heavy atom. The number of benzene rings is 2. The number of hydrogen-bond donors (Lipinski definition) is 2. The molecule has 0 radical (unpaired) electrons. The fourth-order valence-electron chi connectivity index (χ4n) is 3.50. The second-order valence-corrected chi connectivity index (χ2v) is 7.95. The van der Waals surface area contributed by atoms with Crippen LogP contribution in [-0.4, -0.2) is 61.3 Å². The van der Waals surface area contributed by atoms with E-state index in [1.165, 1.54) is 4.90 Å². The number of likely N-dealkylation sites (N-methyl/N-ethyl adjacent to an activating group) is 1. The molecule has 0 aliphatic carbocycles. The molecular formula is C24H26N4O5. The molecule has 9 nitrogen and oxygen atoms in total. The fraction of sp³-hybridized carbons (Fsp3) is 0.292. The van der Waals surface area contributed by atoms with Crippen molar-refractivity contribution in [2.45, 2.75) is 6.42 Å². The fourth-order valence-corrected chi connectivity index (χ4v) is 3.50. The van der Waals surface area contributed by atoms with E-state index >= 15 is 0 Å². The Labute approximate surface area is 191 Å². The minimum absolute atomic E-state index is 0.148. The lowest BCUT2D eigenvalue weighted by atomic mass is 9.95. The number of methoxy groups -OCH3 is 1. The Bertz CT molecular complexity index is 1140. The molecule has 9 heteroatoms. The minimum Gasteiger partial charge on any atom is -0.497 e. The average Bonchev–Trinajstić information content (AvgIpc) is 3.37. The Hall–Kier alpha value is -4.01. The zero-order valence-corrected chi connectivity index (χ0v) is 18.8. The molecule has 3 aromatic rings. The van der Waals surface area contributed by atoms with Crippen LogP contribution in [0.5, 0.6) is 17.2 Å². The maximum Gasteiger partial charge on any atom is 0.259 e. The first-order chi connectivity index (χ1) is 15.9. The summed E-state index contributed by atoms with van der Waals surface area (Å²) in [7, 11) is 4.92. The molecule has 2 heterocycles. The number of fused-ring (bicyclic) bond motifs is 1. The normalized spacial score (nSPS) is 14.6. The molecule has 1 aliphatic heterocycles. The Morgan fingerprint density at radius 2 is 2.06 bits per heavy atom. The molecule has 0 saturated heterocycles. The first-order valence-corrected chi connectivity index (χ1v) is 10.5. The van der Waals surface area contributed by atoms with Gasteiger partial charge >= 0.3 is 0 Å². The highest BCUT2D eigenvalue weighted by atomic mass is 16.5. The molecule has 1 atom stereocenters. The highest BCUT2D eigenvalue weighted by molar-refractivity contribution is 5.95. The van der Waals surface area contributed by atoms with Gasteiger partial charge in [0.1, 0.15) is 23.9 Å². The summed E-state index contributed by atoms with van der Waals surface area (Å²) in [4.78, 5) is 26.6. The van der Waals surface area contributed by atoms with Crippen LogP contribution in [0.3, 0.4) is 0 Å². The lowest BCUT2D eigenvalue weighted by Gasteiger charge is -2.25. The van der Waals surface area contributed by atoms with Gasteiger partial charge in [-0.25, -0.2) is 0 Å². The van der Waals surface area contributed by atoms with E-state index in [-0.39, 0.29) is 30.9 Å². The molecule has 0 bridgehead atoms. The number of carbonyl (C=O) groups is 2. The van der Waals surface area contributed by atoms with Crippen LogP contribution in [0.2, 0.25) is 0 Å². The van der Waals surface area contributed by atoms with E-state index in [9.17, 15) is 9.59 Å². The number of aromatic amines is 1. The van der Waals surface area contributed by atoms with Crippen molar-refractivity contribution in [1.82, 2.24) is 15.1 Å². The van der Waals surface area contributed by atoms with Crippen molar-refractivity contribution < 1.29 is 23.8 Å². The third kappa shape index (κ3) is 5.08. The van der Waals surface area contributed by atoms with E-state index in [2.05, 4.69) is 15.5 Å². The van der Waals surface area contributed by atoms with Crippen LogP contribution in [0.25, 0.3) is 11.1 Å². The first-order valence-electron chi connectivity index (χ1n) is 10.5. The van der Waals surface area contributed by atoms with Gasteiger partial charge in [-0.15, -0.1) is 0 Å². The standard InChI is InChI=1S/C24H26N4O5/c1-28(2)23(29)14-33-22-10-15(18-11-25-26-12-18)4-6-20(22)27-24(30)17-8-16-9-19(31-3)5-7-21(16)32-13-17/h4-7,9-12,17H,8,13-14H2,1-3H3,(H,25,26)(H,27,30). The van der Waals surface area contributed by atoms with Gasteiger partial charge in [0.15, 0.2) is 6.61 Å². The average molecular weight is 450 g/mol. The van der Waals surface area contributed by atoms with Gasteiger partial charge in [-0.1, -0.05) is 6.07 Å². The first kappa shape index (κ1) is 22.2. The summed E-state index contributed by atoms with van der Waals surface area (Å²) in [6.07, 6.45) is 3.97. The molecule has 1 aliphatic rings. The molecule has 1 aromatic heterocycles.